The normalized spacial score (nSPS) is 13.2. The molecule has 2 nitrogen and oxygen atoms in total. The van der Waals surface area contributed by atoms with Crippen LogP contribution in [0.5, 0.6) is 0 Å². The zero-order valence-electron chi connectivity index (χ0n) is 28.0. The van der Waals surface area contributed by atoms with Crippen LogP contribution in [0.2, 0.25) is 0 Å². The van der Waals surface area contributed by atoms with E-state index in [0.29, 0.717) is 0 Å². The van der Waals surface area contributed by atoms with E-state index in [2.05, 4.69) is 151 Å². The first kappa shape index (κ1) is 27.5. The Bertz CT molecular complexity index is 2700. The van der Waals surface area contributed by atoms with Crippen molar-refractivity contribution in [1.82, 2.24) is 4.57 Å². The van der Waals surface area contributed by atoms with Crippen LogP contribution in [0.25, 0.3) is 81.7 Å². The maximum Gasteiger partial charge on any atom is 0.136 e. The summed E-state index contributed by atoms with van der Waals surface area (Å²) in [6.45, 7) is 18.1. The number of aromatic nitrogens is 1. The van der Waals surface area contributed by atoms with Gasteiger partial charge in [-0.1, -0.05) is 84.0 Å². The van der Waals surface area contributed by atoms with Gasteiger partial charge in [0, 0.05) is 32.6 Å². The Morgan fingerprint density at radius 2 is 1.09 bits per heavy atom. The third kappa shape index (κ3) is 3.76. The van der Waals surface area contributed by atoms with E-state index in [1.807, 2.05) is 0 Å². The van der Waals surface area contributed by atoms with Crippen LogP contribution in [0, 0.1) is 13.8 Å². The Labute approximate surface area is 269 Å². The lowest BCUT2D eigenvalue weighted by Gasteiger charge is -2.19. The van der Waals surface area contributed by atoms with Crippen molar-refractivity contribution in [2.24, 2.45) is 0 Å². The molecule has 0 spiro atoms. The van der Waals surface area contributed by atoms with Crippen LogP contribution >= 0.6 is 0 Å². The minimum Gasteiger partial charge on any atom is -0.456 e. The van der Waals surface area contributed by atoms with Gasteiger partial charge in [-0.3, -0.25) is 0 Å². The molecule has 0 aliphatic heterocycles. The van der Waals surface area contributed by atoms with E-state index in [-0.39, 0.29) is 10.8 Å². The smallest absolute Gasteiger partial charge is 0.136 e. The molecule has 0 saturated heterocycles. The first-order valence-electron chi connectivity index (χ1n) is 16.5. The van der Waals surface area contributed by atoms with E-state index >= 15 is 0 Å². The number of furan rings is 1. The molecule has 0 unspecified atom stereocenters. The highest BCUT2D eigenvalue weighted by atomic mass is 16.3. The summed E-state index contributed by atoms with van der Waals surface area (Å²) < 4.78 is 9.03. The lowest BCUT2D eigenvalue weighted by atomic mass is 9.85. The first-order chi connectivity index (χ1) is 21.9. The number of aryl methyl sites for hydroxylation is 2. The lowest BCUT2D eigenvalue weighted by molar-refractivity contribution is 0.590. The molecule has 0 radical (unpaired) electrons. The molecule has 46 heavy (non-hydrogen) atoms. The summed E-state index contributed by atoms with van der Waals surface area (Å²) in [6.07, 6.45) is 0. The summed E-state index contributed by atoms with van der Waals surface area (Å²) in [5.74, 6) is 0. The van der Waals surface area contributed by atoms with Crippen LogP contribution in [0.4, 0.5) is 0 Å². The third-order valence-corrected chi connectivity index (χ3v) is 10.3. The highest BCUT2D eigenvalue weighted by Gasteiger charge is 2.24. The Kier molecular flexibility index (Phi) is 5.33. The van der Waals surface area contributed by atoms with Crippen molar-refractivity contribution < 1.29 is 4.42 Å². The van der Waals surface area contributed by atoms with Gasteiger partial charge in [0.25, 0.3) is 0 Å². The van der Waals surface area contributed by atoms with E-state index in [0.717, 1.165) is 11.2 Å². The van der Waals surface area contributed by atoms with Gasteiger partial charge in [-0.25, -0.2) is 0 Å². The highest BCUT2D eigenvalue weighted by molar-refractivity contribution is 6.36. The number of hydrogen-bond acceptors (Lipinski definition) is 1. The Hall–Kier alpha value is -4.82. The number of benzene rings is 7. The molecular formula is C44H39NO. The van der Waals surface area contributed by atoms with Gasteiger partial charge in [-0.05, 0) is 122 Å². The molecule has 2 aromatic heterocycles. The summed E-state index contributed by atoms with van der Waals surface area (Å²) in [5, 5.41) is 12.7. The second-order valence-electron chi connectivity index (χ2n) is 15.7. The van der Waals surface area contributed by atoms with Gasteiger partial charge < -0.3 is 8.98 Å². The molecule has 0 aliphatic rings. The van der Waals surface area contributed by atoms with Crippen LogP contribution < -0.4 is 0 Å². The van der Waals surface area contributed by atoms with Crippen molar-refractivity contribution in [3.8, 4) is 5.69 Å². The molecule has 2 heteroatoms. The van der Waals surface area contributed by atoms with E-state index in [4.69, 9.17) is 4.42 Å². The number of hydrogen-bond donors (Lipinski definition) is 0. The highest BCUT2D eigenvalue weighted by Crippen LogP contribution is 2.47. The Balaban J connectivity index is 1.48. The predicted molar refractivity (Wildman–Crippen MR) is 199 cm³/mol. The van der Waals surface area contributed by atoms with Gasteiger partial charge in [0.1, 0.15) is 11.2 Å². The third-order valence-electron chi connectivity index (χ3n) is 10.3. The minimum absolute atomic E-state index is 0.0571. The quantitative estimate of drug-likeness (QED) is 0.172. The number of rotatable bonds is 1. The molecule has 0 saturated carbocycles. The van der Waals surface area contributed by atoms with Crippen molar-refractivity contribution in [1.29, 1.82) is 0 Å². The number of nitrogens with zero attached hydrogens (tertiary/aromatic N) is 1. The molecule has 7 aromatic carbocycles. The van der Waals surface area contributed by atoms with Crippen molar-refractivity contribution in [2.75, 3.05) is 0 Å². The zero-order chi connectivity index (χ0) is 31.9. The van der Waals surface area contributed by atoms with Crippen LogP contribution in [0.3, 0.4) is 0 Å². The number of fused-ring (bicyclic) bond motifs is 8. The molecule has 0 amide bonds. The van der Waals surface area contributed by atoms with Gasteiger partial charge in [-0.2, -0.15) is 0 Å². The molecule has 0 bridgehead atoms. The van der Waals surface area contributed by atoms with Gasteiger partial charge >= 0.3 is 0 Å². The standard InChI is InChI=1S/C44H39NO/c1-24-17-25(2)19-30(18-24)45-36-15-11-28(43(3,4)5)22-33(36)34-20-26-9-10-27-21-38-41(31-13-14-32(42(34)45)40(26)39(27)31)35-23-29(44(6,7)8)12-16-37(35)46-38/h9-23H,1-8H3. The van der Waals surface area contributed by atoms with Crippen LogP contribution in [-0.4, -0.2) is 4.57 Å². The summed E-state index contributed by atoms with van der Waals surface area (Å²) in [6, 6.07) is 34.8. The van der Waals surface area contributed by atoms with Gasteiger partial charge in [0.15, 0.2) is 0 Å². The first-order valence-corrected chi connectivity index (χ1v) is 16.5. The van der Waals surface area contributed by atoms with E-state index in [9.17, 15) is 0 Å². The largest absolute Gasteiger partial charge is 0.456 e. The zero-order valence-corrected chi connectivity index (χ0v) is 28.0. The fraction of sp³-hybridized carbons (Fsp3) is 0.227. The predicted octanol–water partition coefficient (Wildman–Crippen LogP) is 12.8. The summed E-state index contributed by atoms with van der Waals surface area (Å²) in [4.78, 5) is 0. The van der Waals surface area contributed by atoms with Gasteiger partial charge in [0.05, 0.1) is 11.0 Å². The molecule has 2 heterocycles. The second-order valence-corrected chi connectivity index (χ2v) is 15.7. The molecule has 9 rings (SSSR count). The van der Waals surface area contributed by atoms with Gasteiger partial charge in [0.2, 0.25) is 0 Å². The van der Waals surface area contributed by atoms with Crippen molar-refractivity contribution in [2.45, 2.75) is 66.2 Å². The molecule has 0 atom stereocenters. The minimum atomic E-state index is 0.0571. The molecule has 9 aromatic rings. The molecule has 0 N–H and O–H groups in total. The van der Waals surface area contributed by atoms with Crippen LogP contribution in [0.15, 0.2) is 95.4 Å². The maximum absolute atomic E-state index is 6.51. The summed E-state index contributed by atoms with van der Waals surface area (Å²) in [7, 11) is 0. The van der Waals surface area contributed by atoms with E-state index in [1.165, 1.54) is 92.8 Å². The molecule has 226 valence electrons. The fourth-order valence-corrected chi connectivity index (χ4v) is 8.00. The fourth-order valence-electron chi connectivity index (χ4n) is 8.00. The topological polar surface area (TPSA) is 18.1 Å². The molecule has 0 aliphatic carbocycles. The maximum atomic E-state index is 6.51. The SMILES string of the molecule is Cc1cc(C)cc(-n2c3ccc(C(C)(C)C)cc3c3cc4ccc5cc6oc7ccc(C(C)(C)C)cc7c6c6ccc(c4c56)c32)c1. The second kappa shape index (κ2) is 8.91. The Morgan fingerprint density at radius 1 is 0.478 bits per heavy atom. The lowest BCUT2D eigenvalue weighted by Crippen LogP contribution is -2.10. The van der Waals surface area contributed by atoms with Gasteiger partial charge in [-0.15, -0.1) is 0 Å². The monoisotopic (exact) mass is 597 g/mol. The van der Waals surface area contributed by atoms with Crippen molar-refractivity contribution in [3.63, 3.8) is 0 Å². The average molecular weight is 598 g/mol. The van der Waals surface area contributed by atoms with E-state index < -0.39 is 0 Å². The van der Waals surface area contributed by atoms with E-state index in [1.54, 1.807) is 0 Å². The van der Waals surface area contributed by atoms with Crippen molar-refractivity contribution >= 4 is 76.1 Å². The van der Waals surface area contributed by atoms with Crippen molar-refractivity contribution in [3.05, 3.63) is 113 Å². The Morgan fingerprint density at radius 3 is 1.78 bits per heavy atom. The molecular weight excluding hydrogens is 558 g/mol. The van der Waals surface area contributed by atoms with Crippen LogP contribution in [-0.2, 0) is 10.8 Å². The average Bonchev–Trinajstić information content (AvgIpc) is 3.52. The molecule has 0 fully saturated rings. The summed E-state index contributed by atoms with van der Waals surface area (Å²) in [5.41, 5.74) is 11.0. The summed E-state index contributed by atoms with van der Waals surface area (Å²) >= 11 is 0. The van der Waals surface area contributed by atoms with Crippen LogP contribution in [0.1, 0.15) is 63.8 Å².